The molecule has 0 fully saturated rings. The minimum absolute atomic E-state index is 0.333. The number of rotatable bonds is 6. The normalized spacial score (nSPS) is 12.3. The monoisotopic (exact) mass is 253 g/mol. The molecule has 1 radical (unpaired) electrons. The Hall–Kier alpha value is -1.60. The highest BCUT2D eigenvalue weighted by molar-refractivity contribution is 5.28. The van der Waals surface area contributed by atoms with E-state index in [0.717, 1.165) is 12.8 Å². The fourth-order valence-electron chi connectivity index (χ4n) is 1.89. The molecule has 99 valence electrons. The summed E-state index contributed by atoms with van der Waals surface area (Å²) in [6, 6.07) is 19.9. The fourth-order valence-corrected chi connectivity index (χ4v) is 1.89. The average Bonchev–Trinajstić information content (AvgIpc) is 2.47. The van der Waals surface area contributed by atoms with Gasteiger partial charge in [0, 0.05) is 0 Å². The quantitative estimate of drug-likeness (QED) is 0.741. The highest BCUT2D eigenvalue weighted by atomic mass is 16.5. The SMILES string of the molecule is CCC(C)OCc1ccc(Cc2c[c]ccc2)cc1. The van der Waals surface area contributed by atoms with Gasteiger partial charge in [-0.2, -0.15) is 0 Å². The van der Waals surface area contributed by atoms with Gasteiger partial charge in [0.2, 0.25) is 0 Å². The van der Waals surface area contributed by atoms with E-state index in [2.05, 4.69) is 50.2 Å². The van der Waals surface area contributed by atoms with E-state index < -0.39 is 0 Å². The van der Waals surface area contributed by atoms with E-state index in [4.69, 9.17) is 4.74 Å². The zero-order chi connectivity index (χ0) is 13.5. The highest BCUT2D eigenvalue weighted by Gasteiger charge is 2.00. The molecule has 0 bridgehead atoms. The molecule has 2 aromatic carbocycles. The van der Waals surface area contributed by atoms with Crippen molar-refractivity contribution < 1.29 is 4.74 Å². The summed E-state index contributed by atoms with van der Waals surface area (Å²) in [5.41, 5.74) is 3.86. The van der Waals surface area contributed by atoms with Crippen molar-refractivity contribution in [3.05, 3.63) is 71.3 Å². The largest absolute Gasteiger partial charge is 0.374 e. The molecule has 0 saturated heterocycles. The van der Waals surface area contributed by atoms with Gasteiger partial charge in [0.05, 0.1) is 12.7 Å². The lowest BCUT2D eigenvalue weighted by molar-refractivity contribution is 0.0508. The lowest BCUT2D eigenvalue weighted by atomic mass is 10.0. The second-order valence-electron chi connectivity index (χ2n) is 4.93. The van der Waals surface area contributed by atoms with Gasteiger partial charge in [0.1, 0.15) is 0 Å². The number of benzene rings is 2. The Balaban J connectivity index is 1.91. The number of hydrogen-bond acceptors (Lipinski definition) is 1. The number of hydrogen-bond donors (Lipinski definition) is 0. The van der Waals surface area contributed by atoms with Crippen molar-refractivity contribution in [1.29, 1.82) is 0 Å². The second kappa shape index (κ2) is 7.10. The molecule has 0 aliphatic carbocycles. The first-order valence-corrected chi connectivity index (χ1v) is 6.92. The van der Waals surface area contributed by atoms with Crippen LogP contribution in [0.15, 0.2) is 48.5 Å². The van der Waals surface area contributed by atoms with Crippen molar-refractivity contribution >= 4 is 0 Å². The zero-order valence-corrected chi connectivity index (χ0v) is 11.7. The van der Waals surface area contributed by atoms with Crippen molar-refractivity contribution in [2.24, 2.45) is 0 Å². The summed E-state index contributed by atoms with van der Waals surface area (Å²) in [4.78, 5) is 0. The zero-order valence-electron chi connectivity index (χ0n) is 11.7. The average molecular weight is 253 g/mol. The minimum Gasteiger partial charge on any atom is -0.374 e. The van der Waals surface area contributed by atoms with Gasteiger partial charge in [-0.3, -0.25) is 0 Å². The lowest BCUT2D eigenvalue weighted by Crippen LogP contribution is -2.06. The van der Waals surface area contributed by atoms with E-state index >= 15 is 0 Å². The summed E-state index contributed by atoms with van der Waals surface area (Å²) in [5.74, 6) is 0. The molecule has 0 aliphatic rings. The Labute approximate surface area is 116 Å². The smallest absolute Gasteiger partial charge is 0.0720 e. The first-order valence-electron chi connectivity index (χ1n) is 6.92. The molecule has 0 aromatic heterocycles. The van der Waals surface area contributed by atoms with Gasteiger partial charge in [-0.25, -0.2) is 0 Å². The maximum Gasteiger partial charge on any atom is 0.0720 e. The van der Waals surface area contributed by atoms with E-state index in [1.807, 2.05) is 18.2 Å². The number of ether oxygens (including phenoxy) is 1. The van der Waals surface area contributed by atoms with Crippen LogP contribution in [0.5, 0.6) is 0 Å². The molecule has 0 saturated carbocycles. The molecule has 2 aromatic rings. The summed E-state index contributed by atoms with van der Waals surface area (Å²) in [7, 11) is 0. The molecule has 0 N–H and O–H groups in total. The summed E-state index contributed by atoms with van der Waals surface area (Å²) in [6.07, 6.45) is 2.35. The Kier molecular flexibility index (Phi) is 5.17. The predicted octanol–water partition coefficient (Wildman–Crippen LogP) is 4.39. The van der Waals surface area contributed by atoms with Gasteiger partial charge >= 0.3 is 0 Å². The summed E-state index contributed by atoms with van der Waals surface area (Å²) in [6.45, 7) is 4.96. The van der Waals surface area contributed by atoms with E-state index in [1.54, 1.807) is 0 Å². The van der Waals surface area contributed by atoms with Crippen LogP contribution in [0, 0.1) is 6.07 Å². The van der Waals surface area contributed by atoms with E-state index in [1.165, 1.54) is 16.7 Å². The first kappa shape index (κ1) is 13.8. The van der Waals surface area contributed by atoms with Crippen LogP contribution in [-0.2, 0) is 17.8 Å². The van der Waals surface area contributed by atoms with E-state index in [-0.39, 0.29) is 0 Å². The Morgan fingerprint density at radius 2 is 1.79 bits per heavy atom. The first-order chi connectivity index (χ1) is 9.28. The maximum absolute atomic E-state index is 5.73. The molecule has 1 atom stereocenters. The molecule has 0 aliphatic heterocycles. The molecule has 0 spiro atoms. The minimum atomic E-state index is 0.333. The second-order valence-corrected chi connectivity index (χ2v) is 4.93. The molecular formula is C18H21O. The summed E-state index contributed by atoms with van der Waals surface area (Å²) >= 11 is 0. The van der Waals surface area contributed by atoms with Crippen molar-refractivity contribution in [2.45, 2.75) is 39.4 Å². The molecule has 19 heavy (non-hydrogen) atoms. The summed E-state index contributed by atoms with van der Waals surface area (Å²) in [5, 5.41) is 0. The van der Waals surface area contributed by atoms with Crippen molar-refractivity contribution in [2.75, 3.05) is 0 Å². The standard InChI is InChI=1S/C18H21O/c1-3-15(2)19-14-18-11-9-17(10-12-18)13-16-7-5-4-6-8-16/h4-5,7-12,15H,3,13-14H2,1-2H3. The van der Waals surface area contributed by atoms with Crippen molar-refractivity contribution in [3.63, 3.8) is 0 Å². The van der Waals surface area contributed by atoms with Crippen LogP contribution in [-0.4, -0.2) is 6.10 Å². The van der Waals surface area contributed by atoms with Gasteiger partial charge in [-0.05, 0) is 42.5 Å². The molecule has 0 amide bonds. The van der Waals surface area contributed by atoms with Crippen LogP contribution in [0.1, 0.15) is 37.0 Å². The molecule has 0 heterocycles. The molecule has 1 unspecified atom stereocenters. The Morgan fingerprint density at radius 1 is 1.05 bits per heavy atom. The van der Waals surface area contributed by atoms with E-state index in [9.17, 15) is 0 Å². The summed E-state index contributed by atoms with van der Waals surface area (Å²) < 4.78 is 5.73. The molecular weight excluding hydrogens is 232 g/mol. The predicted molar refractivity (Wildman–Crippen MR) is 79.1 cm³/mol. The van der Waals surface area contributed by atoms with Gasteiger partial charge in [-0.1, -0.05) is 55.5 Å². The molecule has 2 rings (SSSR count). The van der Waals surface area contributed by atoms with Crippen LogP contribution >= 0.6 is 0 Å². The van der Waals surface area contributed by atoms with Gasteiger partial charge in [0.25, 0.3) is 0 Å². The fraction of sp³-hybridized carbons (Fsp3) is 0.333. The molecule has 1 nitrogen and oxygen atoms in total. The maximum atomic E-state index is 5.73. The van der Waals surface area contributed by atoms with Crippen LogP contribution in [0.4, 0.5) is 0 Å². The highest BCUT2D eigenvalue weighted by Crippen LogP contribution is 2.12. The third-order valence-corrected chi connectivity index (χ3v) is 3.31. The van der Waals surface area contributed by atoms with Gasteiger partial charge < -0.3 is 4.74 Å². The van der Waals surface area contributed by atoms with Gasteiger partial charge in [0.15, 0.2) is 0 Å². The van der Waals surface area contributed by atoms with Gasteiger partial charge in [-0.15, -0.1) is 0 Å². The topological polar surface area (TPSA) is 9.23 Å². The van der Waals surface area contributed by atoms with Crippen molar-refractivity contribution in [1.82, 2.24) is 0 Å². The molecule has 1 heteroatoms. The van der Waals surface area contributed by atoms with Crippen LogP contribution in [0.2, 0.25) is 0 Å². The van der Waals surface area contributed by atoms with Crippen LogP contribution in [0.3, 0.4) is 0 Å². The van der Waals surface area contributed by atoms with Crippen molar-refractivity contribution in [3.8, 4) is 0 Å². The third-order valence-electron chi connectivity index (χ3n) is 3.31. The van der Waals surface area contributed by atoms with Crippen LogP contribution < -0.4 is 0 Å². The Bertz CT molecular complexity index is 473. The van der Waals surface area contributed by atoms with E-state index in [0.29, 0.717) is 12.7 Å². The van der Waals surface area contributed by atoms with Crippen LogP contribution in [0.25, 0.3) is 0 Å². The Morgan fingerprint density at radius 3 is 2.42 bits per heavy atom. The third kappa shape index (κ3) is 4.53. The lowest BCUT2D eigenvalue weighted by Gasteiger charge is -2.10.